The lowest BCUT2D eigenvalue weighted by Gasteiger charge is -2.23. The second-order valence-electron chi connectivity index (χ2n) is 5.82. The van der Waals surface area contributed by atoms with Crippen molar-refractivity contribution < 1.29 is 19.5 Å². The predicted molar refractivity (Wildman–Crippen MR) is 104 cm³/mol. The molecule has 142 valence electrons. The number of amides is 1. The van der Waals surface area contributed by atoms with Gasteiger partial charge in [0.2, 0.25) is 5.24 Å². The number of hydrogen-bond acceptors (Lipinski definition) is 4. The van der Waals surface area contributed by atoms with E-state index in [0.29, 0.717) is 11.3 Å². The van der Waals surface area contributed by atoms with Gasteiger partial charge < -0.3 is 10.4 Å². The first kappa shape index (κ1) is 21.2. The molecule has 0 saturated carbocycles. The number of carbonyl (C=O) groups excluding carboxylic acids is 2. The predicted octanol–water partition coefficient (Wildman–Crippen LogP) is 4.43. The van der Waals surface area contributed by atoms with Gasteiger partial charge >= 0.3 is 5.97 Å². The molecule has 0 bridgehead atoms. The van der Waals surface area contributed by atoms with Gasteiger partial charge in [-0.15, -0.1) is 0 Å². The van der Waals surface area contributed by atoms with Crippen LogP contribution in [0.25, 0.3) is 0 Å². The third kappa shape index (κ3) is 4.58. The zero-order valence-corrected chi connectivity index (χ0v) is 16.4. The van der Waals surface area contributed by atoms with Crippen LogP contribution in [0.15, 0.2) is 36.7 Å². The third-order valence-electron chi connectivity index (χ3n) is 4.19. The van der Waals surface area contributed by atoms with Crippen LogP contribution in [-0.4, -0.2) is 27.2 Å². The summed E-state index contributed by atoms with van der Waals surface area (Å²) >= 11 is 17.4. The maximum Gasteiger partial charge on any atom is 0.318 e. The molecule has 0 aliphatic rings. The lowest BCUT2D eigenvalue weighted by Crippen LogP contribution is -2.38. The van der Waals surface area contributed by atoms with E-state index in [-0.39, 0.29) is 28.5 Å². The fourth-order valence-electron chi connectivity index (χ4n) is 2.52. The molecule has 27 heavy (non-hydrogen) atoms. The number of aliphatic carboxylic acids is 1. The van der Waals surface area contributed by atoms with E-state index in [1.807, 2.05) is 0 Å². The monoisotopic (exact) mass is 428 g/mol. The van der Waals surface area contributed by atoms with Crippen LogP contribution in [-0.2, 0) is 16.0 Å². The summed E-state index contributed by atoms with van der Waals surface area (Å²) in [7, 11) is 0. The van der Waals surface area contributed by atoms with Gasteiger partial charge in [0.25, 0.3) is 5.91 Å². The number of carboxylic acid groups (broad SMARTS) is 1. The SMILES string of the molecule is CCC(Cc1ccc(NC(=O)c2c(Cl)cncc2Cl)cc1)(C(=O)O)C(=O)Cl. The summed E-state index contributed by atoms with van der Waals surface area (Å²) in [6.07, 6.45) is 2.62. The standard InChI is InChI=1S/C18H15Cl3N2O4/c1-2-18(16(21)25,17(26)27)7-10-3-5-11(6-4-10)23-15(24)14-12(19)8-22-9-13(14)20/h3-6,8-9H,2,7H2,1H3,(H,23,24)(H,26,27). The van der Waals surface area contributed by atoms with E-state index in [1.54, 1.807) is 31.2 Å². The average Bonchev–Trinajstić information content (AvgIpc) is 2.60. The molecule has 1 heterocycles. The number of carboxylic acids is 1. The quantitative estimate of drug-likeness (QED) is 0.501. The van der Waals surface area contributed by atoms with Crippen molar-refractivity contribution in [3.63, 3.8) is 0 Å². The van der Waals surface area contributed by atoms with Crippen molar-refractivity contribution in [3.05, 3.63) is 57.8 Å². The Morgan fingerprint density at radius 1 is 1.11 bits per heavy atom. The normalized spacial score (nSPS) is 12.9. The van der Waals surface area contributed by atoms with Crippen molar-refractivity contribution in [1.82, 2.24) is 4.98 Å². The van der Waals surface area contributed by atoms with Gasteiger partial charge in [-0.25, -0.2) is 0 Å². The molecule has 2 rings (SSSR count). The molecule has 0 spiro atoms. The zero-order valence-electron chi connectivity index (χ0n) is 14.1. The minimum Gasteiger partial charge on any atom is -0.480 e. The second kappa shape index (κ2) is 8.69. The smallest absolute Gasteiger partial charge is 0.318 e. The third-order valence-corrected chi connectivity index (χ3v) is 5.12. The van der Waals surface area contributed by atoms with Crippen molar-refractivity contribution in [2.75, 3.05) is 5.32 Å². The van der Waals surface area contributed by atoms with Gasteiger partial charge in [0.1, 0.15) is 5.41 Å². The number of rotatable bonds is 7. The molecule has 1 aromatic heterocycles. The minimum atomic E-state index is -1.69. The maximum atomic E-state index is 12.3. The van der Waals surface area contributed by atoms with Crippen LogP contribution in [0.1, 0.15) is 29.3 Å². The molecule has 0 aliphatic carbocycles. The molecule has 0 fully saturated rings. The van der Waals surface area contributed by atoms with Gasteiger partial charge in [0.05, 0.1) is 15.6 Å². The van der Waals surface area contributed by atoms with Crippen molar-refractivity contribution in [1.29, 1.82) is 0 Å². The van der Waals surface area contributed by atoms with E-state index >= 15 is 0 Å². The lowest BCUT2D eigenvalue weighted by molar-refractivity contribution is -0.152. The van der Waals surface area contributed by atoms with Crippen molar-refractivity contribution in [3.8, 4) is 0 Å². The van der Waals surface area contributed by atoms with Crippen LogP contribution >= 0.6 is 34.8 Å². The first-order chi connectivity index (χ1) is 12.7. The van der Waals surface area contributed by atoms with Gasteiger partial charge in [0.15, 0.2) is 0 Å². The van der Waals surface area contributed by atoms with Crippen molar-refractivity contribution >= 4 is 57.6 Å². The molecule has 9 heteroatoms. The number of halogens is 3. The van der Waals surface area contributed by atoms with E-state index in [4.69, 9.17) is 34.8 Å². The highest BCUT2D eigenvalue weighted by Gasteiger charge is 2.43. The highest BCUT2D eigenvalue weighted by Crippen LogP contribution is 2.31. The van der Waals surface area contributed by atoms with Crippen molar-refractivity contribution in [2.24, 2.45) is 5.41 Å². The highest BCUT2D eigenvalue weighted by molar-refractivity contribution is 6.66. The zero-order chi connectivity index (χ0) is 20.2. The number of pyridine rings is 1. The summed E-state index contributed by atoms with van der Waals surface area (Å²) in [4.78, 5) is 39.3. The van der Waals surface area contributed by atoms with Gasteiger partial charge in [-0.05, 0) is 42.1 Å². The molecule has 1 unspecified atom stereocenters. The molecule has 1 amide bonds. The summed E-state index contributed by atoms with van der Waals surface area (Å²) in [5.74, 6) is -1.78. The van der Waals surface area contributed by atoms with Gasteiger partial charge in [0, 0.05) is 18.1 Å². The van der Waals surface area contributed by atoms with E-state index in [0.717, 1.165) is 0 Å². The Morgan fingerprint density at radius 3 is 2.11 bits per heavy atom. The van der Waals surface area contributed by atoms with E-state index in [9.17, 15) is 19.5 Å². The maximum absolute atomic E-state index is 12.3. The summed E-state index contributed by atoms with van der Waals surface area (Å²) in [5, 5.41) is 11.4. The Morgan fingerprint density at radius 2 is 1.67 bits per heavy atom. The Labute approximate surface area is 170 Å². The van der Waals surface area contributed by atoms with E-state index in [2.05, 4.69) is 10.3 Å². The number of nitrogens with one attached hydrogen (secondary N) is 1. The number of benzene rings is 1. The second-order valence-corrected chi connectivity index (χ2v) is 6.98. The molecule has 0 aliphatic heterocycles. The van der Waals surface area contributed by atoms with E-state index < -0.39 is 22.5 Å². The molecule has 6 nitrogen and oxygen atoms in total. The number of aromatic nitrogens is 1. The molecule has 2 aromatic rings. The molecule has 2 N–H and O–H groups in total. The first-order valence-electron chi connectivity index (χ1n) is 7.84. The van der Waals surface area contributed by atoms with Gasteiger partial charge in [-0.1, -0.05) is 42.3 Å². The van der Waals surface area contributed by atoms with Gasteiger partial charge in [-0.2, -0.15) is 0 Å². The van der Waals surface area contributed by atoms with Crippen molar-refractivity contribution in [2.45, 2.75) is 19.8 Å². The molecule has 1 aromatic carbocycles. The van der Waals surface area contributed by atoms with Crippen LogP contribution in [0.4, 0.5) is 5.69 Å². The molecular formula is C18H15Cl3N2O4. The molecule has 0 saturated heterocycles. The van der Waals surface area contributed by atoms with Crippen LogP contribution in [0.5, 0.6) is 0 Å². The number of hydrogen-bond donors (Lipinski definition) is 2. The van der Waals surface area contributed by atoms with Crippen LogP contribution in [0.3, 0.4) is 0 Å². The molecule has 1 atom stereocenters. The summed E-state index contributed by atoms with van der Waals surface area (Å²) in [6.45, 7) is 1.59. The topological polar surface area (TPSA) is 96.4 Å². The largest absolute Gasteiger partial charge is 0.480 e. The van der Waals surface area contributed by atoms with Crippen LogP contribution in [0, 0.1) is 5.41 Å². The molecule has 0 radical (unpaired) electrons. The summed E-state index contributed by atoms with van der Waals surface area (Å²) < 4.78 is 0. The lowest BCUT2D eigenvalue weighted by atomic mass is 9.80. The van der Waals surface area contributed by atoms with E-state index in [1.165, 1.54) is 12.4 Å². The minimum absolute atomic E-state index is 0.0577. The van der Waals surface area contributed by atoms with Crippen LogP contribution < -0.4 is 5.32 Å². The Kier molecular flexibility index (Phi) is 6.81. The fraction of sp³-hybridized carbons (Fsp3) is 0.222. The Balaban J connectivity index is 2.19. The Hall–Kier alpha value is -2.15. The first-order valence-corrected chi connectivity index (χ1v) is 8.97. The number of anilines is 1. The average molecular weight is 430 g/mol. The fourth-order valence-corrected chi connectivity index (χ4v) is 3.34. The summed E-state index contributed by atoms with van der Waals surface area (Å²) in [5.41, 5.74) is -0.556. The number of nitrogens with zero attached hydrogens (tertiary/aromatic N) is 1. The molecular weight excluding hydrogens is 415 g/mol. The number of carbonyl (C=O) groups is 3. The summed E-state index contributed by atoms with van der Waals surface area (Å²) in [6, 6.07) is 6.38. The highest BCUT2D eigenvalue weighted by atomic mass is 35.5. The van der Waals surface area contributed by atoms with Gasteiger partial charge in [-0.3, -0.25) is 19.4 Å². The van der Waals surface area contributed by atoms with Crippen LogP contribution in [0.2, 0.25) is 10.0 Å². The Bertz CT molecular complexity index is 850.